The Morgan fingerprint density at radius 3 is 2.50 bits per heavy atom. The van der Waals surface area contributed by atoms with Crippen LogP contribution in [0.3, 0.4) is 0 Å². The number of nitrogens with two attached hydrogens (primary N) is 1. The van der Waals surface area contributed by atoms with E-state index in [1.165, 1.54) is 0 Å². The highest BCUT2D eigenvalue weighted by molar-refractivity contribution is 6.31. The molecule has 2 rings (SSSR count). The van der Waals surface area contributed by atoms with Crippen LogP contribution in [0.15, 0.2) is 30.5 Å². The Hall–Kier alpha value is -1.95. The molecule has 1 aromatic carbocycles. The van der Waals surface area contributed by atoms with E-state index < -0.39 is 11.7 Å². The average Bonchev–Trinajstić information content (AvgIpc) is 2.35. The maximum absolute atomic E-state index is 12.5. The molecular formula is C13H10ClF3N2O. The number of anilines is 1. The van der Waals surface area contributed by atoms with Gasteiger partial charge in [-0.25, -0.2) is 4.98 Å². The Morgan fingerprint density at radius 1 is 1.25 bits per heavy atom. The van der Waals surface area contributed by atoms with Crippen molar-refractivity contribution in [3.05, 3.63) is 46.6 Å². The summed E-state index contributed by atoms with van der Waals surface area (Å²) in [5.41, 5.74) is 6.10. The van der Waals surface area contributed by atoms with Crippen molar-refractivity contribution < 1.29 is 17.9 Å². The first kappa shape index (κ1) is 14.5. The van der Waals surface area contributed by atoms with Crippen LogP contribution in [0, 0.1) is 6.92 Å². The second kappa shape index (κ2) is 5.20. The molecule has 0 bridgehead atoms. The van der Waals surface area contributed by atoms with Crippen molar-refractivity contribution in [2.24, 2.45) is 0 Å². The zero-order valence-electron chi connectivity index (χ0n) is 10.3. The van der Waals surface area contributed by atoms with Gasteiger partial charge >= 0.3 is 6.18 Å². The van der Waals surface area contributed by atoms with Gasteiger partial charge in [0.15, 0.2) is 0 Å². The lowest BCUT2D eigenvalue weighted by Gasteiger charge is -2.10. The van der Waals surface area contributed by atoms with Crippen LogP contribution in [0.5, 0.6) is 11.6 Å². The molecule has 0 saturated carbocycles. The average molecular weight is 303 g/mol. The Balaban J connectivity index is 2.28. The predicted octanol–water partition coefficient (Wildman–Crippen LogP) is 4.44. The normalized spacial score (nSPS) is 11.4. The van der Waals surface area contributed by atoms with E-state index in [1.54, 1.807) is 25.1 Å². The minimum absolute atomic E-state index is 0.0937. The maximum Gasteiger partial charge on any atom is 0.417 e. The molecule has 3 nitrogen and oxygen atoms in total. The summed E-state index contributed by atoms with van der Waals surface area (Å²) in [6.07, 6.45) is -3.82. The summed E-state index contributed by atoms with van der Waals surface area (Å²) in [6, 6.07) is 5.62. The number of hydrogen-bond acceptors (Lipinski definition) is 3. The van der Waals surface area contributed by atoms with Crippen molar-refractivity contribution in [1.82, 2.24) is 4.98 Å². The molecule has 0 aliphatic rings. The first-order chi connectivity index (χ1) is 9.27. The third-order valence-electron chi connectivity index (χ3n) is 2.59. The molecule has 0 spiro atoms. The van der Waals surface area contributed by atoms with Gasteiger partial charge in [-0.15, -0.1) is 0 Å². The number of aromatic nitrogens is 1. The van der Waals surface area contributed by atoms with Gasteiger partial charge in [0.1, 0.15) is 10.8 Å². The summed E-state index contributed by atoms with van der Waals surface area (Å²) in [4.78, 5) is 3.59. The fourth-order valence-electron chi connectivity index (χ4n) is 1.48. The lowest BCUT2D eigenvalue weighted by molar-refractivity contribution is -0.137. The Labute approximate surface area is 118 Å². The number of nitrogens with zero attached hydrogens (tertiary/aromatic N) is 1. The van der Waals surface area contributed by atoms with E-state index in [0.717, 1.165) is 11.6 Å². The summed E-state index contributed by atoms with van der Waals surface area (Å²) in [7, 11) is 0. The van der Waals surface area contributed by atoms with Gasteiger partial charge in [0.05, 0.1) is 5.56 Å². The van der Waals surface area contributed by atoms with Crippen molar-refractivity contribution >= 4 is 17.3 Å². The van der Waals surface area contributed by atoms with Crippen molar-refractivity contribution in [2.75, 3.05) is 5.73 Å². The Bertz CT molecular complexity index is 644. The van der Waals surface area contributed by atoms with Crippen molar-refractivity contribution in [1.29, 1.82) is 0 Å². The van der Waals surface area contributed by atoms with Gasteiger partial charge in [-0.05, 0) is 36.8 Å². The fraction of sp³-hybridized carbons (Fsp3) is 0.154. The van der Waals surface area contributed by atoms with Crippen molar-refractivity contribution in [3.8, 4) is 11.6 Å². The first-order valence-corrected chi connectivity index (χ1v) is 5.92. The minimum Gasteiger partial charge on any atom is -0.438 e. The second-order valence-electron chi connectivity index (χ2n) is 4.13. The SMILES string of the molecule is Cc1cc(Oc2ncc(C(F)(F)F)cc2Cl)ccc1N. The fourth-order valence-corrected chi connectivity index (χ4v) is 1.68. The number of rotatable bonds is 2. The van der Waals surface area contributed by atoms with Crippen LogP contribution < -0.4 is 10.5 Å². The molecule has 0 fully saturated rings. The van der Waals surface area contributed by atoms with Crippen molar-refractivity contribution in [3.63, 3.8) is 0 Å². The number of pyridine rings is 1. The van der Waals surface area contributed by atoms with E-state index in [2.05, 4.69) is 4.98 Å². The standard InChI is InChI=1S/C13H10ClF3N2O/c1-7-4-9(2-3-11(7)18)20-12-10(14)5-8(6-19-12)13(15,16)17/h2-6H,18H2,1H3. The maximum atomic E-state index is 12.5. The lowest BCUT2D eigenvalue weighted by atomic mass is 10.2. The summed E-state index contributed by atoms with van der Waals surface area (Å²) in [6.45, 7) is 1.78. The van der Waals surface area contributed by atoms with Crippen molar-refractivity contribution in [2.45, 2.75) is 13.1 Å². The smallest absolute Gasteiger partial charge is 0.417 e. The third-order valence-corrected chi connectivity index (χ3v) is 2.86. The quantitative estimate of drug-likeness (QED) is 0.834. The molecule has 1 aromatic heterocycles. The molecule has 1 heterocycles. The highest BCUT2D eigenvalue weighted by Gasteiger charge is 2.31. The summed E-state index contributed by atoms with van der Waals surface area (Å²) in [5.74, 6) is 0.301. The molecular weight excluding hydrogens is 293 g/mol. The zero-order chi connectivity index (χ0) is 14.9. The van der Waals surface area contributed by atoms with E-state index in [-0.39, 0.29) is 10.9 Å². The van der Waals surface area contributed by atoms with Crippen LogP contribution in [-0.4, -0.2) is 4.98 Å². The first-order valence-electron chi connectivity index (χ1n) is 5.54. The minimum atomic E-state index is -4.49. The highest BCUT2D eigenvalue weighted by Crippen LogP contribution is 2.34. The van der Waals surface area contributed by atoms with E-state index in [4.69, 9.17) is 22.1 Å². The van der Waals surface area contributed by atoms with E-state index in [1.807, 2.05) is 0 Å². The molecule has 0 aliphatic heterocycles. The largest absolute Gasteiger partial charge is 0.438 e. The third kappa shape index (κ3) is 3.14. The van der Waals surface area contributed by atoms with Gasteiger partial charge in [0.25, 0.3) is 0 Å². The van der Waals surface area contributed by atoms with Gasteiger partial charge in [0, 0.05) is 11.9 Å². The molecule has 0 aliphatic carbocycles. The molecule has 0 atom stereocenters. The Kier molecular flexibility index (Phi) is 3.76. The van der Waals surface area contributed by atoms with Gasteiger partial charge in [-0.2, -0.15) is 13.2 Å². The molecule has 20 heavy (non-hydrogen) atoms. The van der Waals surface area contributed by atoms with E-state index in [0.29, 0.717) is 17.6 Å². The molecule has 2 aromatic rings. The predicted molar refractivity (Wildman–Crippen MR) is 69.9 cm³/mol. The number of nitrogen functional groups attached to an aromatic ring is 1. The lowest BCUT2D eigenvalue weighted by Crippen LogP contribution is -2.05. The summed E-state index contributed by atoms with van der Waals surface area (Å²) in [5, 5.41) is -0.214. The molecule has 0 amide bonds. The number of aryl methyl sites for hydroxylation is 1. The van der Waals surface area contributed by atoms with Gasteiger partial charge in [-0.3, -0.25) is 0 Å². The number of hydrogen-bond donors (Lipinski definition) is 1. The van der Waals surface area contributed by atoms with Gasteiger partial charge in [0.2, 0.25) is 5.88 Å². The van der Waals surface area contributed by atoms with Gasteiger partial charge < -0.3 is 10.5 Å². The molecule has 0 saturated heterocycles. The van der Waals surface area contributed by atoms with Crippen LogP contribution in [0.1, 0.15) is 11.1 Å². The van der Waals surface area contributed by atoms with Crippen LogP contribution >= 0.6 is 11.6 Å². The molecule has 7 heteroatoms. The van der Waals surface area contributed by atoms with Crippen LogP contribution in [0.25, 0.3) is 0 Å². The Morgan fingerprint density at radius 2 is 1.95 bits per heavy atom. The number of alkyl halides is 3. The molecule has 2 N–H and O–H groups in total. The number of benzene rings is 1. The number of ether oxygens (including phenoxy) is 1. The molecule has 0 radical (unpaired) electrons. The van der Waals surface area contributed by atoms with Crippen LogP contribution in [0.2, 0.25) is 5.02 Å². The monoisotopic (exact) mass is 302 g/mol. The van der Waals surface area contributed by atoms with Crippen LogP contribution in [0.4, 0.5) is 18.9 Å². The van der Waals surface area contributed by atoms with Gasteiger partial charge in [-0.1, -0.05) is 11.6 Å². The van der Waals surface area contributed by atoms with E-state index >= 15 is 0 Å². The topological polar surface area (TPSA) is 48.1 Å². The summed E-state index contributed by atoms with van der Waals surface area (Å²) >= 11 is 5.74. The highest BCUT2D eigenvalue weighted by atomic mass is 35.5. The molecule has 0 unspecified atom stereocenters. The van der Waals surface area contributed by atoms with Crippen LogP contribution in [-0.2, 0) is 6.18 Å². The van der Waals surface area contributed by atoms with E-state index in [9.17, 15) is 13.2 Å². The zero-order valence-corrected chi connectivity index (χ0v) is 11.1. The summed E-state index contributed by atoms with van der Waals surface area (Å²) < 4.78 is 42.8. The number of halogens is 4. The second-order valence-corrected chi connectivity index (χ2v) is 4.54. The molecule has 106 valence electrons.